The van der Waals surface area contributed by atoms with Gasteiger partial charge in [-0.2, -0.15) is 13.2 Å². The van der Waals surface area contributed by atoms with Crippen LogP contribution >= 0.6 is 0 Å². The summed E-state index contributed by atoms with van der Waals surface area (Å²) in [5.41, 5.74) is 0.835. The number of nitrogens with one attached hydrogen (secondary N) is 1. The fourth-order valence-corrected chi connectivity index (χ4v) is 2.07. The topological polar surface area (TPSA) is 29.1 Å². The predicted molar refractivity (Wildman–Crippen MR) is 59.3 cm³/mol. The van der Waals surface area contributed by atoms with Crippen LogP contribution < -0.4 is 5.32 Å². The summed E-state index contributed by atoms with van der Waals surface area (Å²) in [5, 5.41) is 2.69. The minimum absolute atomic E-state index is 0.0641. The molecule has 1 N–H and O–H groups in total. The maximum absolute atomic E-state index is 12.4. The highest BCUT2D eigenvalue weighted by Gasteiger charge is 2.42. The lowest BCUT2D eigenvalue weighted by atomic mass is 9.81. The molecule has 0 atom stereocenters. The third kappa shape index (κ3) is 4.40. The van der Waals surface area contributed by atoms with Gasteiger partial charge < -0.3 is 5.32 Å². The number of rotatable bonds is 3. The molecule has 5 heteroatoms. The van der Waals surface area contributed by atoms with Crippen LogP contribution in [0.1, 0.15) is 32.6 Å². The summed E-state index contributed by atoms with van der Waals surface area (Å²) in [6, 6.07) is 0. The average Bonchev–Trinajstić information content (AvgIpc) is 2.25. The molecule has 2 nitrogen and oxygen atoms in total. The van der Waals surface area contributed by atoms with Gasteiger partial charge in [-0.1, -0.05) is 12.2 Å². The SMILES string of the molecule is C=C(C)CNC(=O)C1CCC(C(F)(F)F)CC1. The average molecular weight is 249 g/mol. The number of carbonyl (C=O) groups excluding carboxylic acids is 1. The molecule has 0 spiro atoms. The Kier molecular flexibility index (Phi) is 4.60. The monoisotopic (exact) mass is 249 g/mol. The van der Waals surface area contributed by atoms with Crippen LogP contribution in [0.25, 0.3) is 0 Å². The zero-order valence-corrected chi connectivity index (χ0v) is 9.94. The van der Waals surface area contributed by atoms with Crippen molar-refractivity contribution in [3.05, 3.63) is 12.2 Å². The first-order valence-electron chi connectivity index (χ1n) is 5.79. The van der Waals surface area contributed by atoms with E-state index in [-0.39, 0.29) is 24.7 Å². The van der Waals surface area contributed by atoms with Crippen molar-refractivity contribution in [1.29, 1.82) is 0 Å². The van der Waals surface area contributed by atoms with Gasteiger partial charge in [-0.15, -0.1) is 0 Å². The van der Waals surface area contributed by atoms with Crippen molar-refractivity contribution in [3.63, 3.8) is 0 Å². The minimum Gasteiger partial charge on any atom is -0.352 e. The molecule has 0 heterocycles. The Morgan fingerprint density at radius 3 is 2.24 bits per heavy atom. The molecule has 98 valence electrons. The zero-order chi connectivity index (χ0) is 13.1. The molecule has 0 saturated heterocycles. The van der Waals surface area contributed by atoms with Gasteiger partial charge in [0, 0.05) is 12.5 Å². The molecular formula is C12H18F3NO. The van der Waals surface area contributed by atoms with Gasteiger partial charge >= 0.3 is 6.18 Å². The Morgan fingerprint density at radius 1 is 1.29 bits per heavy atom. The molecule has 0 bridgehead atoms. The Morgan fingerprint density at radius 2 is 1.82 bits per heavy atom. The minimum atomic E-state index is -4.11. The van der Waals surface area contributed by atoms with Crippen molar-refractivity contribution in [1.82, 2.24) is 5.32 Å². The Balaban J connectivity index is 2.36. The highest BCUT2D eigenvalue weighted by atomic mass is 19.4. The zero-order valence-electron chi connectivity index (χ0n) is 9.94. The molecular weight excluding hydrogens is 231 g/mol. The molecule has 0 aromatic heterocycles. The number of halogens is 3. The summed E-state index contributed by atoms with van der Waals surface area (Å²) in [7, 11) is 0. The fraction of sp³-hybridized carbons (Fsp3) is 0.750. The number of alkyl halides is 3. The van der Waals surface area contributed by atoms with Crippen LogP contribution in [0.3, 0.4) is 0 Å². The van der Waals surface area contributed by atoms with Gasteiger partial charge in [-0.05, 0) is 32.6 Å². The Labute approximate surface area is 99.3 Å². The third-order valence-corrected chi connectivity index (χ3v) is 3.13. The molecule has 17 heavy (non-hydrogen) atoms. The van der Waals surface area contributed by atoms with Gasteiger partial charge in [0.2, 0.25) is 5.91 Å². The molecule has 0 unspecified atom stereocenters. The van der Waals surface area contributed by atoms with Gasteiger partial charge in [0.1, 0.15) is 0 Å². The van der Waals surface area contributed by atoms with Gasteiger partial charge in [0.15, 0.2) is 0 Å². The second kappa shape index (κ2) is 5.56. The van der Waals surface area contributed by atoms with E-state index in [2.05, 4.69) is 11.9 Å². The first-order chi connectivity index (χ1) is 7.80. The number of hydrogen-bond acceptors (Lipinski definition) is 1. The van der Waals surface area contributed by atoms with E-state index in [1.807, 2.05) is 0 Å². The second-order valence-electron chi connectivity index (χ2n) is 4.77. The van der Waals surface area contributed by atoms with Crippen molar-refractivity contribution in [2.24, 2.45) is 11.8 Å². The van der Waals surface area contributed by atoms with Gasteiger partial charge in [0.05, 0.1) is 5.92 Å². The number of amides is 1. The van der Waals surface area contributed by atoms with Crippen LogP contribution in [-0.2, 0) is 4.79 Å². The van der Waals surface area contributed by atoms with Crippen molar-refractivity contribution >= 4 is 5.91 Å². The highest BCUT2D eigenvalue weighted by Crippen LogP contribution is 2.39. The standard InChI is InChI=1S/C12H18F3NO/c1-8(2)7-16-11(17)9-3-5-10(6-4-9)12(13,14)15/h9-10H,1,3-7H2,2H3,(H,16,17). The molecule has 0 aromatic rings. The number of hydrogen-bond donors (Lipinski definition) is 1. The van der Waals surface area contributed by atoms with Crippen molar-refractivity contribution in [3.8, 4) is 0 Å². The van der Waals surface area contributed by atoms with E-state index in [4.69, 9.17) is 0 Å². The lowest BCUT2D eigenvalue weighted by molar-refractivity contribution is -0.184. The van der Waals surface area contributed by atoms with E-state index < -0.39 is 12.1 Å². The molecule has 0 radical (unpaired) electrons. The van der Waals surface area contributed by atoms with Crippen LogP contribution in [0.4, 0.5) is 13.2 Å². The van der Waals surface area contributed by atoms with Crippen molar-refractivity contribution in [2.75, 3.05) is 6.54 Å². The first-order valence-corrected chi connectivity index (χ1v) is 5.79. The van der Waals surface area contributed by atoms with E-state index in [9.17, 15) is 18.0 Å². The summed E-state index contributed by atoms with van der Waals surface area (Å²) in [6.07, 6.45) is -3.33. The molecule has 0 aromatic carbocycles. The summed E-state index contributed by atoms with van der Waals surface area (Å²) < 4.78 is 37.2. The van der Waals surface area contributed by atoms with Crippen molar-refractivity contribution < 1.29 is 18.0 Å². The van der Waals surface area contributed by atoms with E-state index in [0.717, 1.165) is 5.57 Å². The van der Waals surface area contributed by atoms with E-state index in [1.54, 1.807) is 6.92 Å². The fourth-order valence-electron chi connectivity index (χ4n) is 2.07. The van der Waals surface area contributed by atoms with Crippen LogP contribution in [0.5, 0.6) is 0 Å². The summed E-state index contributed by atoms with van der Waals surface area (Å²) >= 11 is 0. The van der Waals surface area contributed by atoms with Gasteiger partial charge in [-0.3, -0.25) is 4.79 Å². The quantitative estimate of drug-likeness (QED) is 0.765. The van der Waals surface area contributed by atoms with Crippen LogP contribution in [0, 0.1) is 11.8 Å². The highest BCUT2D eigenvalue weighted by molar-refractivity contribution is 5.78. The molecule has 1 aliphatic carbocycles. The summed E-state index contributed by atoms with van der Waals surface area (Å²) in [6.45, 7) is 5.85. The Hall–Kier alpha value is -1.00. The Bertz CT molecular complexity index is 291. The largest absolute Gasteiger partial charge is 0.391 e. The summed E-state index contributed by atoms with van der Waals surface area (Å²) in [4.78, 5) is 11.6. The third-order valence-electron chi connectivity index (χ3n) is 3.13. The van der Waals surface area contributed by atoms with Gasteiger partial charge in [-0.25, -0.2) is 0 Å². The predicted octanol–water partition coefficient (Wildman–Crippen LogP) is 3.05. The summed E-state index contributed by atoms with van der Waals surface area (Å²) in [5.74, 6) is -1.64. The normalized spacial score (nSPS) is 25.4. The molecule has 1 aliphatic rings. The maximum Gasteiger partial charge on any atom is 0.391 e. The molecule has 1 rings (SSSR count). The second-order valence-corrected chi connectivity index (χ2v) is 4.77. The number of carbonyl (C=O) groups is 1. The van der Waals surface area contributed by atoms with E-state index in [1.165, 1.54) is 0 Å². The first kappa shape index (κ1) is 14.1. The maximum atomic E-state index is 12.4. The van der Waals surface area contributed by atoms with Crippen LogP contribution in [0.2, 0.25) is 0 Å². The lowest BCUT2D eigenvalue weighted by Crippen LogP contribution is -2.36. The molecule has 1 amide bonds. The lowest BCUT2D eigenvalue weighted by Gasteiger charge is -2.29. The van der Waals surface area contributed by atoms with E-state index >= 15 is 0 Å². The van der Waals surface area contributed by atoms with Crippen LogP contribution in [0.15, 0.2) is 12.2 Å². The molecule has 0 aliphatic heterocycles. The van der Waals surface area contributed by atoms with Crippen LogP contribution in [-0.4, -0.2) is 18.6 Å². The van der Waals surface area contributed by atoms with Gasteiger partial charge in [0.25, 0.3) is 0 Å². The van der Waals surface area contributed by atoms with Crippen molar-refractivity contribution in [2.45, 2.75) is 38.8 Å². The smallest absolute Gasteiger partial charge is 0.352 e. The van der Waals surface area contributed by atoms with E-state index in [0.29, 0.717) is 19.4 Å². The molecule has 1 fully saturated rings. The molecule has 1 saturated carbocycles.